The lowest BCUT2D eigenvalue weighted by atomic mass is 9.97. The third-order valence-corrected chi connectivity index (χ3v) is 2.72. The van der Waals surface area contributed by atoms with Crippen LogP contribution in [-0.4, -0.2) is 38.6 Å². The van der Waals surface area contributed by atoms with Gasteiger partial charge in [-0.3, -0.25) is 0 Å². The highest BCUT2D eigenvalue weighted by molar-refractivity contribution is 4.93. The largest absolute Gasteiger partial charge is 0.356 e. The normalized spacial score (nSPS) is 21.2. The minimum Gasteiger partial charge on any atom is -0.356 e. The Kier molecular flexibility index (Phi) is 4.31. The van der Waals surface area contributed by atoms with E-state index < -0.39 is 0 Å². The number of hydrogen-bond acceptors (Lipinski definition) is 4. The Bertz CT molecular complexity index is 170. The molecule has 0 aromatic carbocycles. The van der Waals surface area contributed by atoms with Crippen molar-refractivity contribution >= 4 is 0 Å². The van der Waals surface area contributed by atoms with Crippen molar-refractivity contribution in [1.29, 1.82) is 0 Å². The van der Waals surface area contributed by atoms with Crippen LogP contribution in [0.3, 0.4) is 0 Å². The van der Waals surface area contributed by atoms with Gasteiger partial charge in [0.2, 0.25) is 0 Å². The molecule has 1 unspecified atom stereocenters. The van der Waals surface area contributed by atoms with E-state index in [1.54, 1.807) is 14.2 Å². The van der Waals surface area contributed by atoms with Gasteiger partial charge in [0.25, 0.3) is 0 Å². The fraction of sp³-hybridized carbons (Fsp3) is 1.00. The molecule has 0 radical (unpaired) electrons. The molecular weight excluding hydrogens is 180 g/mol. The average Bonchev–Trinajstić information content (AvgIpc) is 2.98. The maximum Gasteiger partial charge on any atom is 0.158 e. The summed E-state index contributed by atoms with van der Waals surface area (Å²) in [6.45, 7) is 2.73. The van der Waals surface area contributed by atoms with Crippen LogP contribution in [0.15, 0.2) is 0 Å². The molecule has 0 aliphatic heterocycles. The maximum absolute atomic E-state index is 5.77. The lowest BCUT2D eigenvalue weighted by Gasteiger charge is -2.32. The molecule has 4 nitrogen and oxygen atoms in total. The quantitative estimate of drug-likeness (QED) is 0.589. The van der Waals surface area contributed by atoms with E-state index in [-0.39, 0.29) is 11.8 Å². The van der Waals surface area contributed by atoms with Gasteiger partial charge in [-0.2, -0.15) is 0 Å². The zero-order valence-electron chi connectivity index (χ0n) is 9.38. The molecule has 0 aromatic heterocycles. The molecule has 0 bridgehead atoms. The monoisotopic (exact) mass is 202 g/mol. The summed E-state index contributed by atoms with van der Waals surface area (Å²) in [4.78, 5) is 0. The highest BCUT2D eigenvalue weighted by Crippen LogP contribution is 2.24. The predicted octanol–water partition coefficient (Wildman–Crippen LogP) is 0.465. The second kappa shape index (κ2) is 5.07. The molecule has 1 rings (SSSR count). The van der Waals surface area contributed by atoms with Crippen LogP contribution < -0.4 is 11.1 Å². The number of methoxy groups -OCH3 is 2. The van der Waals surface area contributed by atoms with Crippen molar-refractivity contribution in [2.75, 3.05) is 20.8 Å². The van der Waals surface area contributed by atoms with Crippen molar-refractivity contribution in [3.8, 4) is 0 Å². The summed E-state index contributed by atoms with van der Waals surface area (Å²) in [6.07, 6.45) is 3.14. The summed E-state index contributed by atoms with van der Waals surface area (Å²) in [5, 5.41) is 3.53. The smallest absolute Gasteiger partial charge is 0.158 e. The summed E-state index contributed by atoms with van der Waals surface area (Å²) in [5.74, 6) is 0. The molecule has 0 heterocycles. The van der Waals surface area contributed by atoms with Crippen molar-refractivity contribution in [2.24, 2.45) is 5.73 Å². The fourth-order valence-corrected chi connectivity index (χ4v) is 1.55. The average molecular weight is 202 g/mol. The minimum absolute atomic E-state index is 0.0716. The Morgan fingerprint density at radius 3 is 2.36 bits per heavy atom. The summed E-state index contributed by atoms with van der Waals surface area (Å²) in [5.41, 5.74) is 5.70. The zero-order valence-corrected chi connectivity index (χ0v) is 9.38. The van der Waals surface area contributed by atoms with E-state index >= 15 is 0 Å². The third-order valence-electron chi connectivity index (χ3n) is 2.72. The lowest BCUT2D eigenvalue weighted by Crippen LogP contribution is -2.52. The first kappa shape index (κ1) is 11.9. The Hall–Kier alpha value is -0.160. The number of ether oxygens (including phenoxy) is 2. The molecule has 1 saturated carbocycles. The van der Waals surface area contributed by atoms with Crippen LogP contribution in [0, 0.1) is 0 Å². The van der Waals surface area contributed by atoms with Crippen LogP contribution >= 0.6 is 0 Å². The van der Waals surface area contributed by atoms with E-state index in [9.17, 15) is 0 Å². The van der Waals surface area contributed by atoms with Gasteiger partial charge in [-0.15, -0.1) is 0 Å². The van der Waals surface area contributed by atoms with Crippen LogP contribution in [0.5, 0.6) is 0 Å². The SMILES string of the molecule is COC(CC(C)(CN)NC1CC1)OC. The maximum atomic E-state index is 5.77. The van der Waals surface area contributed by atoms with Crippen LogP contribution in [0.1, 0.15) is 26.2 Å². The van der Waals surface area contributed by atoms with Crippen LogP contribution in [0.4, 0.5) is 0 Å². The van der Waals surface area contributed by atoms with E-state index in [4.69, 9.17) is 15.2 Å². The van der Waals surface area contributed by atoms with E-state index in [0.717, 1.165) is 6.42 Å². The van der Waals surface area contributed by atoms with Crippen LogP contribution in [-0.2, 0) is 9.47 Å². The molecule has 0 saturated heterocycles. The molecule has 0 amide bonds. The van der Waals surface area contributed by atoms with Crippen molar-refractivity contribution < 1.29 is 9.47 Å². The third kappa shape index (κ3) is 3.53. The van der Waals surface area contributed by atoms with E-state index in [0.29, 0.717) is 12.6 Å². The number of hydrogen-bond donors (Lipinski definition) is 2. The zero-order chi connectivity index (χ0) is 10.6. The molecule has 4 heteroatoms. The van der Waals surface area contributed by atoms with Gasteiger partial charge in [-0.25, -0.2) is 0 Å². The Morgan fingerprint density at radius 1 is 1.43 bits per heavy atom. The van der Waals surface area contributed by atoms with E-state index in [1.165, 1.54) is 12.8 Å². The van der Waals surface area contributed by atoms with Crippen LogP contribution in [0.25, 0.3) is 0 Å². The van der Waals surface area contributed by atoms with Crippen molar-refractivity contribution in [1.82, 2.24) is 5.32 Å². The first-order valence-corrected chi connectivity index (χ1v) is 5.17. The number of nitrogens with one attached hydrogen (secondary N) is 1. The summed E-state index contributed by atoms with van der Waals surface area (Å²) in [7, 11) is 3.31. The summed E-state index contributed by atoms with van der Waals surface area (Å²) < 4.78 is 10.4. The minimum atomic E-state index is -0.171. The van der Waals surface area contributed by atoms with Gasteiger partial charge in [0, 0.05) is 38.8 Å². The first-order chi connectivity index (χ1) is 6.63. The van der Waals surface area contributed by atoms with Gasteiger partial charge < -0.3 is 20.5 Å². The summed E-state index contributed by atoms with van der Waals surface area (Å²) >= 11 is 0. The number of nitrogens with two attached hydrogens (primary N) is 1. The van der Waals surface area contributed by atoms with Gasteiger partial charge in [-0.1, -0.05) is 0 Å². The standard InChI is InChI=1S/C10H22N2O2/c1-10(7-11,12-8-4-5-8)6-9(13-2)14-3/h8-9,12H,4-7,11H2,1-3H3. The molecule has 0 spiro atoms. The highest BCUT2D eigenvalue weighted by atomic mass is 16.7. The van der Waals surface area contributed by atoms with Crippen molar-refractivity contribution in [3.63, 3.8) is 0 Å². The van der Waals surface area contributed by atoms with Gasteiger partial charge in [-0.05, 0) is 19.8 Å². The molecule has 14 heavy (non-hydrogen) atoms. The molecule has 0 aromatic rings. The molecule has 1 aliphatic rings. The van der Waals surface area contributed by atoms with Crippen LogP contribution in [0.2, 0.25) is 0 Å². The van der Waals surface area contributed by atoms with Gasteiger partial charge in [0.1, 0.15) is 0 Å². The molecule has 84 valence electrons. The van der Waals surface area contributed by atoms with Crippen molar-refractivity contribution in [3.05, 3.63) is 0 Å². The molecule has 3 N–H and O–H groups in total. The molecular formula is C10H22N2O2. The second-order valence-corrected chi connectivity index (χ2v) is 4.29. The lowest BCUT2D eigenvalue weighted by molar-refractivity contribution is -0.117. The molecule has 1 atom stereocenters. The molecule has 1 aliphatic carbocycles. The number of rotatable bonds is 7. The Morgan fingerprint density at radius 2 is 2.00 bits per heavy atom. The molecule has 1 fully saturated rings. The topological polar surface area (TPSA) is 56.5 Å². The predicted molar refractivity (Wildman–Crippen MR) is 56.0 cm³/mol. The van der Waals surface area contributed by atoms with E-state index in [1.807, 2.05) is 0 Å². The van der Waals surface area contributed by atoms with E-state index in [2.05, 4.69) is 12.2 Å². The highest BCUT2D eigenvalue weighted by Gasteiger charge is 2.33. The van der Waals surface area contributed by atoms with Gasteiger partial charge in [0.05, 0.1) is 0 Å². The van der Waals surface area contributed by atoms with Crippen molar-refractivity contribution in [2.45, 2.75) is 44.1 Å². The second-order valence-electron chi connectivity index (χ2n) is 4.29. The fourth-order valence-electron chi connectivity index (χ4n) is 1.55. The first-order valence-electron chi connectivity index (χ1n) is 5.17. The Labute approximate surface area is 86.1 Å². The van der Waals surface area contributed by atoms with Gasteiger partial charge in [0.15, 0.2) is 6.29 Å². The summed E-state index contributed by atoms with van der Waals surface area (Å²) in [6, 6.07) is 0.651. The Balaban J connectivity index is 2.40. The van der Waals surface area contributed by atoms with Gasteiger partial charge >= 0.3 is 0 Å².